The molecule has 1 N–H and O–H groups in total. The lowest BCUT2D eigenvalue weighted by Gasteiger charge is -2.41. The summed E-state index contributed by atoms with van der Waals surface area (Å²) in [5.74, 6) is 0.627. The van der Waals surface area contributed by atoms with E-state index in [1.165, 1.54) is 11.1 Å². The summed E-state index contributed by atoms with van der Waals surface area (Å²) in [6.45, 7) is 1.04. The number of phenols is 1. The van der Waals surface area contributed by atoms with Crippen molar-refractivity contribution >= 4 is 37.6 Å². The van der Waals surface area contributed by atoms with E-state index in [-0.39, 0.29) is 17.6 Å². The molecule has 4 nitrogen and oxygen atoms in total. The number of carbonyl (C=O) groups excluding carboxylic acids is 1. The van der Waals surface area contributed by atoms with E-state index < -0.39 is 5.41 Å². The maximum atomic E-state index is 12.2. The van der Waals surface area contributed by atoms with Gasteiger partial charge in [0.15, 0.2) is 11.5 Å². The zero-order valence-electron chi connectivity index (χ0n) is 14.4. The summed E-state index contributed by atoms with van der Waals surface area (Å²) >= 11 is 6.84. The zero-order valence-corrected chi connectivity index (χ0v) is 17.6. The van der Waals surface area contributed by atoms with Gasteiger partial charge in [0.05, 0.1) is 36.7 Å². The van der Waals surface area contributed by atoms with Gasteiger partial charge in [-0.15, -0.1) is 0 Å². The molecule has 0 saturated heterocycles. The Morgan fingerprint density at radius 3 is 2.52 bits per heavy atom. The number of likely N-dealkylation sites (N-methyl/N-ethyl adjacent to an activating group) is 1. The second-order valence-corrected chi connectivity index (χ2v) is 9.41. The predicted octanol–water partition coefficient (Wildman–Crippen LogP) is 3.86. The highest BCUT2D eigenvalue weighted by Crippen LogP contribution is 2.60. The fourth-order valence-electron chi connectivity index (χ4n) is 4.62. The first-order valence-corrected chi connectivity index (χ1v) is 9.86. The van der Waals surface area contributed by atoms with Crippen LogP contribution in [0.3, 0.4) is 0 Å². The molecule has 0 amide bonds. The Morgan fingerprint density at radius 2 is 1.92 bits per heavy atom. The first kappa shape index (κ1) is 17.3. The van der Waals surface area contributed by atoms with Gasteiger partial charge in [0, 0.05) is 29.4 Å². The Hall–Kier alpha value is -1.11. The highest BCUT2D eigenvalue weighted by Gasteiger charge is 2.54. The number of fused-ring (bicyclic) bond motifs is 1. The topological polar surface area (TPSA) is 46.5 Å². The Kier molecular flexibility index (Phi) is 3.77. The quantitative estimate of drug-likeness (QED) is 0.635. The number of ketones is 1. The van der Waals surface area contributed by atoms with Gasteiger partial charge >= 0.3 is 0 Å². The number of quaternary nitrogens is 1. The van der Waals surface area contributed by atoms with Crippen molar-refractivity contribution in [2.24, 2.45) is 0 Å². The van der Waals surface area contributed by atoms with E-state index in [0.717, 1.165) is 29.4 Å². The SMILES string of the molecule is COc1cc2c3c(c1O)C1(C=C(Br)C(=O)C(Br)=C1)CC3[N+](C)(C)CC2. The third-order valence-corrected chi connectivity index (χ3v) is 7.12. The van der Waals surface area contributed by atoms with Gasteiger partial charge in [0.1, 0.15) is 6.04 Å². The average molecular weight is 470 g/mol. The number of rotatable bonds is 1. The normalized spacial score (nSPS) is 25.5. The van der Waals surface area contributed by atoms with Crippen LogP contribution in [0.4, 0.5) is 0 Å². The van der Waals surface area contributed by atoms with E-state index in [1.54, 1.807) is 7.11 Å². The van der Waals surface area contributed by atoms with E-state index >= 15 is 0 Å². The van der Waals surface area contributed by atoms with Crippen molar-refractivity contribution in [3.63, 3.8) is 0 Å². The van der Waals surface area contributed by atoms with Crippen molar-refractivity contribution in [3.8, 4) is 11.5 Å². The number of benzene rings is 1. The van der Waals surface area contributed by atoms with Gasteiger partial charge in [-0.3, -0.25) is 4.79 Å². The van der Waals surface area contributed by atoms with Gasteiger partial charge < -0.3 is 14.3 Å². The summed E-state index contributed by atoms with van der Waals surface area (Å²) in [7, 11) is 6.06. The molecule has 0 bridgehead atoms. The maximum Gasteiger partial charge on any atom is 0.206 e. The van der Waals surface area contributed by atoms with E-state index in [1.807, 2.05) is 18.2 Å². The van der Waals surface area contributed by atoms with Gasteiger partial charge in [-0.25, -0.2) is 0 Å². The molecule has 0 radical (unpaired) electrons. The molecule has 3 aliphatic rings. The molecule has 0 saturated carbocycles. The van der Waals surface area contributed by atoms with Crippen molar-refractivity contribution in [2.45, 2.75) is 24.3 Å². The summed E-state index contributed by atoms with van der Waals surface area (Å²) in [6, 6.07) is 2.25. The van der Waals surface area contributed by atoms with E-state index in [4.69, 9.17) is 4.74 Å². The molecule has 4 rings (SSSR count). The van der Waals surface area contributed by atoms with E-state index in [0.29, 0.717) is 14.7 Å². The summed E-state index contributed by atoms with van der Waals surface area (Å²) in [6.07, 6.45) is 5.67. The molecule has 25 heavy (non-hydrogen) atoms. The number of ether oxygens (including phenoxy) is 1. The molecule has 2 aliphatic carbocycles. The molecule has 0 aromatic heterocycles. The number of phenolic OH excluding ortho intramolecular Hbond substituents is 1. The number of hydrogen-bond donors (Lipinski definition) is 1. The van der Waals surface area contributed by atoms with Crippen LogP contribution in [-0.4, -0.2) is 43.1 Å². The molecule has 1 unspecified atom stereocenters. The van der Waals surface area contributed by atoms with Crippen LogP contribution in [0.1, 0.15) is 29.2 Å². The Labute approximate surface area is 164 Å². The van der Waals surface area contributed by atoms with Gasteiger partial charge in [0.2, 0.25) is 5.78 Å². The van der Waals surface area contributed by atoms with Crippen molar-refractivity contribution in [1.29, 1.82) is 0 Å². The summed E-state index contributed by atoms with van der Waals surface area (Å²) < 4.78 is 7.38. The second kappa shape index (κ2) is 5.44. The fourth-order valence-corrected chi connectivity index (χ4v) is 6.13. The highest BCUT2D eigenvalue weighted by atomic mass is 79.9. The first-order chi connectivity index (χ1) is 11.7. The Bertz CT molecular complexity index is 848. The van der Waals surface area contributed by atoms with Crippen LogP contribution in [0.2, 0.25) is 0 Å². The number of methoxy groups -OCH3 is 1. The number of nitrogens with zero attached hydrogens (tertiary/aromatic N) is 1. The molecule has 132 valence electrons. The van der Waals surface area contributed by atoms with Gasteiger partial charge in [0.25, 0.3) is 0 Å². The lowest BCUT2D eigenvalue weighted by Crippen LogP contribution is -2.47. The van der Waals surface area contributed by atoms with E-state index in [2.05, 4.69) is 46.0 Å². The molecule has 0 fully saturated rings. The van der Waals surface area contributed by atoms with Crippen LogP contribution in [0, 0.1) is 0 Å². The molecule has 1 aromatic rings. The minimum Gasteiger partial charge on any atom is -0.504 e. The van der Waals surface area contributed by atoms with Crippen LogP contribution >= 0.6 is 31.9 Å². The van der Waals surface area contributed by atoms with Crippen LogP contribution in [0.15, 0.2) is 27.2 Å². The predicted molar refractivity (Wildman–Crippen MR) is 103 cm³/mol. The minimum absolute atomic E-state index is 0.0677. The average Bonchev–Trinajstić information content (AvgIpc) is 2.88. The molecule has 1 aromatic carbocycles. The number of allylic oxidation sites excluding steroid dienone is 4. The Morgan fingerprint density at radius 1 is 1.28 bits per heavy atom. The smallest absolute Gasteiger partial charge is 0.206 e. The minimum atomic E-state index is -0.515. The van der Waals surface area contributed by atoms with Crippen molar-refractivity contribution < 1.29 is 19.1 Å². The zero-order chi connectivity index (χ0) is 18.1. The molecule has 1 heterocycles. The second-order valence-electron chi connectivity index (χ2n) is 7.70. The van der Waals surface area contributed by atoms with Crippen molar-refractivity contribution in [3.05, 3.63) is 43.9 Å². The van der Waals surface area contributed by atoms with E-state index in [9.17, 15) is 9.90 Å². The van der Waals surface area contributed by atoms with Crippen LogP contribution in [-0.2, 0) is 16.6 Å². The number of halogens is 2. The van der Waals surface area contributed by atoms with Crippen molar-refractivity contribution in [1.82, 2.24) is 0 Å². The lowest BCUT2D eigenvalue weighted by molar-refractivity contribution is -0.923. The van der Waals surface area contributed by atoms with Crippen molar-refractivity contribution in [2.75, 3.05) is 27.7 Å². The Balaban J connectivity index is 2.06. The third kappa shape index (κ3) is 2.30. The molecular weight excluding hydrogens is 450 g/mol. The van der Waals surface area contributed by atoms with Gasteiger partial charge in [-0.2, -0.15) is 0 Å². The summed E-state index contributed by atoms with van der Waals surface area (Å²) in [5.41, 5.74) is 2.84. The summed E-state index contributed by atoms with van der Waals surface area (Å²) in [5, 5.41) is 11.0. The third-order valence-electron chi connectivity index (χ3n) is 5.94. The monoisotopic (exact) mass is 468 g/mol. The standard InChI is InChI=1S/C19H19Br2NO3/c1-22(2)5-4-10-6-14(25-3)18(24)16-15(10)13(22)9-19(16)7-11(20)17(23)12(21)8-19/h6-8,13H,4-5,9H2,1-3H3/p+1. The number of aromatic hydroxyl groups is 1. The fraction of sp³-hybridized carbons (Fsp3) is 0.421. The highest BCUT2D eigenvalue weighted by molar-refractivity contribution is 9.13. The lowest BCUT2D eigenvalue weighted by atomic mass is 9.77. The first-order valence-electron chi connectivity index (χ1n) is 8.27. The number of Topliss-reactive ketones (excluding diaryl/α,β-unsaturated/α-hetero) is 1. The maximum absolute atomic E-state index is 12.2. The van der Waals surface area contributed by atoms with Crippen LogP contribution in [0.25, 0.3) is 0 Å². The summed E-state index contributed by atoms with van der Waals surface area (Å²) in [4.78, 5) is 12.2. The number of carbonyl (C=O) groups is 1. The van der Waals surface area contributed by atoms with Crippen LogP contribution in [0.5, 0.6) is 11.5 Å². The molecule has 1 spiro atoms. The van der Waals surface area contributed by atoms with Gasteiger partial charge in [-0.05, 0) is 43.5 Å². The molecule has 1 aliphatic heterocycles. The molecule has 6 heteroatoms. The largest absolute Gasteiger partial charge is 0.504 e. The molecule has 1 atom stereocenters. The molecular formula is C19H20Br2NO3+. The number of hydrogen-bond acceptors (Lipinski definition) is 3. The van der Waals surface area contributed by atoms with Crippen LogP contribution < -0.4 is 4.74 Å². The van der Waals surface area contributed by atoms with Gasteiger partial charge in [-0.1, -0.05) is 12.2 Å².